The van der Waals surface area contributed by atoms with E-state index in [4.69, 9.17) is 4.74 Å². The summed E-state index contributed by atoms with van der Waals surface area (Å²) in [6.07, 6.45) is 1.83. The number of amides is 1. The fourth-order valence-corrected chi connectivity index (χ4v) is 3.57. The zero-order valence-electron chi connectivity index (χ0n) is 14.2. The van der Waals surface area contributed by atoms with Gasteiger partial charge in [-0.2, -0.15) is 4.31 Å². The summed E-state index contributed by atoms with van der Waals surface area (Å²) in [5.41, 5.74) is 2.52. The van der Waals surface area contributed by atoms with Crippen LogP contribution in [0.5, 0.6) is 5.75 Å². The van der Waals surface area contributed by atoms with Crippen molar-refractivity contribution in [2.24, 2.45) is 0 Å². The average Bonchev–Trinajstić information content (AvgIpc) is 2.60. The number of fused-ring (bicyclic) bond motifs is 1. The molecule has 0 unspecified atom stereocenters. The molecule has 1 amide bonds. The van der Waals surface area contributed by atoms with E-state index in [1.165, 1.54) is 34.8 Å². The van der Waals surface area contributed by atoms with E-state index in [2.05, 4.69) is 5.32 Å². The van der Waals surface area contributed by atoms with Crippen LogP contribution in [-0.2, 0) is 27.8 Å². The Morgan fingerprint density at radius 3 is 2.62 bits per heavy atom. The Morgan fingerprint density at radius 1 is 1.19 bits per heavy atom. The molecule has 0 saturated heterocycles. The van der Waals surface area contributed by atoms with Crippen LogP contribution in [0.3, 0.4) is 0 Å². The number of hydrogen-bond acceptors (Lipinski definition) is 4. The number of nitrogens with one attached hydrogen (secondary N) is 1. The Balaban J connectivity index is 1.61. The van der Waals surface area contributed by atoms with Crippen molar-refractivity contribution in [2.75, 3.05) is 24.7 Å². The van der Waals surface area contributed by atoms with E-state index in [9.17, 15) is 17.6 Å². The van der Waals surface area contributed by atoms with Crippen molar-refractivity contribution in [1.82, 2.24) is 4.31 Å². The Labute approximate surface area is 151 Å². The van der Waals surface area contributed by atoms with Gasteiger partial charge in [0.2, 0.25) is 10.0 Å². The number of anilines is 1. The molecule has 0 atom stereocenters. The molecule has 0 aromatic heterocycles. The second-order valence-electron chi connectivity index (χ2n) is 6.12. The first kappa shape index (κ1) is 18.3. The van der Waals surface area contributed by atoms with E-state index in [0.29, 0.717) is 30.9 Å². The van der Waals surface area contributed by atoms with Crippen LogP contribution in [0.15, 0.2) is 42.5 Å². The predicted octanol–water partition coefficient (Wildman–Crippen LogP) is 2.16. The molecule has 0 radical (unpaired) electrons. The Hall–Kier alpha value is -2.45. The van der Waals surface area contributed by atoms with Crippen molar-refractivity contribution in [1.29, 1.82) is 0 Å². The highest BCUT2D eigenvalue weighted by molar-refractivity contribution is 7.88. The van der Waals surface area contributed by atoms with Crippen LogP contribution in [0.2, 0.25) is 0 Å². The summed E-state index contributed by atoms with van der Waals surface area (Å²) >= 11 is 0. The van der Waals surface area contributed by atoms with Crippen molar-refractivity contribution in [3.63, 3.8) is 0 Å². The second kappa shape index (κ2) is 7.43. The maximum Gasteiger partial charge on any atom is 0.262 e. The van der Waals surface area contributed by atoms with E-state index in [0.717, 1.165) is 11.1 Å². The van der Waals surface area contributed by atoms with E-state index < -0.39 is 10.0 Å². The molecule has 2 aromatic rings. The number of carbonyl (C=O) groups excluding carboxylic acids is 1. The minimum Gasteiger partial charge on any atom is -0.484 e. The molecule has 1 N–H and O–H groups in total. The zero-order valence-corrected chi connectivity index (χ0v) is 15.1. The first-order chi connectivity index (χ1) is 12.3. The van der Waals surface area contributed by atoms with E-state index in [1.54, 1.807) is 12.1 Å². The fourth-order valence-electron chi connectivity index (χ4n) is 2.77. The highest BCUT2D eigenvalue weighted by atomic mass is 32.2. The molecule has 2 aromatic carbocycles. The lowest BCUT2D eigenvalue weighted by Gasteiger charge is -2.27. The number of halogens is 1. The van der Waals surface area contributed by atoms with Gasteiger partial charge in [0.1, 0.15) is 11.6 Å². The molecule has 0 fully saturated rings. The topological polar surface area (TPSA) is 75.7 Å². The van der Waals surface area contributed by atoms with Crippen LogP contribution in [-0.4, -0.2) is 38.0 Å². The van der Waals surface area contributed by atoms with Gasteiger partial charge in [0.15, 0.2) is 6.61 Å². The molecule has 6 nitrogen and oxygen atoms in total. The highest BCUT2D eigenvalue weighted by Gasteiger charge is 2.23. The molecule has 1 heterocycles. The maximum atomic E-state index is 12.8. The van der Waals surface area contributed by atoms with Crippen LogP contribution in [0.4, 0.5) is 10.1 Å². The molecule has 1 aliphatic heterocycles. The largest absolute Gasteiger partial charge is 0.484 e. The summed E-state index contributed by atoms with van der Waals surface area (Å²) in [6, 6.07) is 10.9. The number of hydrogen-bond donors (Lipinski definition) is 1. The van der Waals surface area contributed by atoms with E-state index >= 15 is 0 Å². The third-order valence-electron chi connectivity index (χ3n) is 4.12. The molecule has 8 heteroatoms. The number of ether oxygens (including phenoxy) is 1. The van der Waals surface area contributed by atoms with Gasteiger partial charge in [0.05, 0.1) is 6.26 Å². The first-order valence-corrected chi connectivity index (χ1v) is 9.91. The number of benzene rings is 2. The molecule has 0 bridgehead atoms. The fraction of sp³-hybridized carbons (Fsp3) is 0.278. The molecule has 26 heavy (non-hydrogen) atoms. The lowest BCUT2D eigenvalue weighted by Crippen LogP contribution is -2.35. The van der Waals surface area contributed by atoms with Crippen LogP contribution >= 0.6 is 0 Å². The molecular weight excluding hydrogens is 359 g/mol. The SMILES string of the molecule is CS(=O)(=O)N1CCc2ccc(NC(=O)COc3ccc(F)cc3)cc2C1. The molecule has 138 valence electrons. The maximum absolute atomic E-state index is 12.8. The van der Waals surface area contributed by atoms with Crippen molar-refractivity contribution in [3.8, 4) is 5.75 Å². The van der Waals surface area contributed by atoms with Crippen LogP contribution in [0.1, 0.15) is 11.1 Å². The summed E-state index contributed by atoms with van der Waals surface area (Å²) < 4.78 is 43.0. The minimum absolute atomic E-state index is 0.210. The van der Waals surface area contributed by atoms with Crippen molar-refractivity contribution in [2.45, 2.75) is 13.0 Å². The summed E-state index contributed by atoms with van der Waals surface area (Å²) in [6.45, 7) is 0.547. The van der Waals surface area contributed by atoms with Gasteiger partial charge >= 0.3 is 0 Å². The Morgan fingerprint density at radius 2 is 1.92 bits per heavy atom. The molecule has 0 aliphatic carbocycles. The number of sulfonamides is 1. The molecule has 1 aliphatic rings. The minimum atomic E-state index is -3.25. The number of rotatable bonds is 5. The summed E-state index contributed by atoms with van der Waals surface area (Å²) in [7, 11) is -3.25. The van der Waals surface area contributed by atoms with E-state index in [-0.39, 0.29) is 18.3 Å². The van der Waals surface area contributed by atoms with E-state index in [1.807, 2.05) is 6.07 Å². The monoisotopic (exact) mass is 378 g/mol. The standard InChI is InChI=1S/C18H19FN2O4S/c1-26(23,24)21-9-8-13-2-5-16(10-14(13)11-21)20-18(22)12-25-17-6-3-15(19)4-7-17/h2-7,10H,8-9,11-12H2,1H3,(H,20,22). The first-order valence-electron chi connectivity index (χ1n) is 8.06. The summed E-state index contributed by atoms with van der Waals surface area (Å²) in [4.78, 5) is 12.0. The van der Waals surface area contributed by atoms with Gasteiger partial charge in [-0.25, -0.2) is 12.8 Å². The smallest absolute Gasteiger partial charge is 0.262 e. The van der Waals surface area contributed by atoms with Crippen LogP contribution < -0.4 is 10.1 Å². The predicted molar refractivity (Wildman–Crippen MR) is 95.9 cm³/mol. The van der Waals surface area contributed by atoms with Crippen LogP contribution in [0, 0.1) is 5.82 Å². The van der Waals surface area contributed by atoms with Gasteiger partial charge in [-0.1, -0.05) is 6.07 Å². The summed E-state index contributed by atoms with van der Waals surface area (Å²) in [5, 5.41) is 2.72. The van der Waals surface area contributed by atoms with Gasteiger partial charge in [0, 0.05) is 18.8 Å². The second-order valence-corrected chi connectivity index (χ2v) is 8.10. The molecule has 0 saturated carbocycles. The van der Waals surface area contributed by atoms with Gasteiger partial charge in [-0.15, -0.1) is 0 Å². The molecule has 0 spiro atoms. The van der Waals surface area contributed by atoms with Crippen molar-refractivity contribution < 1.29 is 22.3 Å². The summed E-state index contributed by atoms with van der Waals surface area (Å²) in [5.74, 6) is -0.333. The quantitative estimate of drug-likeness (QED) is 0.865. The normalized spacial score (nSPS) is 14.5. The lowest BCUT2D eigenvalue weighted by atomic mass is 10.0. The average molecular weight is 378 g/mol. The van der Waals surface area contributed by atoms with Crippen LogP contribution in [0.25, 0.3) is 0 Å². The van der Waals surface area contributed by atoms with Crippen molar-refractivity contribution >= 4 is 21.6 Å². The Bertz CT molecular complexity index is 913. The van der Waals surface area contributed by atoms with Gasteiger partial charge < -0.3 is 10.1 Å². The third kappa shape index (κ3) is 4.59. The third-order valence-corrected chi connectivity index (χ3v) is 5.37. The number of carbonyl (C=O) groups is 1. The van der Waals surface area contributed by atoms with Crippen molar-refractivity contribution in [3.05, 3.63) is 59.4 Å². The highest BCUT2D eigenvalue weighted by Crippen LogP contribution is 2.24. The lowest BCUT2D eigenvalue weighted by molar-refractivity contribution is -0.118. The molecule has 3 rings (SSSR count). The number of nitrogens with zero attached hydrogens (tertiary/aromatic N) is 1. The van der Waals surface area contributed by atoms with Gasteiger partial charge in [-0.3, -0.25) is 4.79 Å². The molecular formula is C18H19FN2O4S. The Kier molecular flexibility index (Phi) is 5.24. The zero-order chi connectivity index (χ0) is 18.7. The van der Waals surface area contributed by atoms with Gasteiger partial charge in [0.25, 0.3) is 5.91 Å². The van der Waals surface area contributed by atoms with Gasteiger partial charge in [-0.05, 0) is 53.9 Å².